The van der Waals surface area contributed by atoms with Gasteiger partial charge in [-0.15, -0.1) is 0 Å². The lowest BCUT2D eigenvalue weighted by atomic mass is 10.1. The fourth-order valence-electron chi connectivity index (χ4n) is 1.69. The number of nitrogens with one attached hydrogen (secondary N) is 1. The van der Waals surface area contributed by atoms with Crippen LogP contribution in [-0.2, 0) is 11.3 Å². The second-order valence-corrected chi connectivity index (χ2v) is 4.25. The van der Waals surface area contributed by atoms with E-state index >= 15 is 0 Å². The minimum Gasteiger partial charge on any atom is -0.376 e. The van der Waals surface area contributed by atoms with E-state index in [0.29, 0.717) is 17.7 Å². The van der Waals surface area contributed by atoms with Crippen molar-refractivity contribution < 1.29 is 4.74 Å². The molecule has 0 unspecified atom stereocenters. The predicted molar refractivity (Wildman–Crippen MR) is 59.9 cm³/mol. The molecule has 1 atom stereocenters. The van der Waals surface area contributed by atoms with Crippen LogP contribution in [0.1, 0.15) is 12.0 Å². The molecule has 3 nitrogen and oxygen atoms in total. The van der Waals surface area contributed by atoms with Crippen LogP contribution in [0.5, 0.6) is 0 Å². The summed E-state index contributed by atoms with van der Waals surface area (Å²) in [5.41, 5.74) is 1.07. The van der Waals surface area contributed by atoms with Gasteiger partial charge >= 0.3 is 0 Å². The Kier molecular flexibility index (Phi) is 3.94. The van der Waals surface area contributed by atoms with Crippen molar-refractivity contribution in [2.24, 2.45) is 5.92 Å². The molecule has 0 spiro atoms. The largest absolute Gasteiger partial charge is 0.376 e. The third kappa shape index (κ3) is 3.45. The van der Waals surface area contributed by atoms with E-state index in [1.165, 1.54) is 6.42 Å². The maximum absolute atomic E-state index is 5.69. The number of nitrogens with zero attached hydrogens (tertiary/aromatic N) is 1. The van der Waals surface area contributed by atoms with E-state index in [4.69, 9.17) is 16.3 Å². The molecule has 0 bridgehead atoms. The van der Waals surface area contributed by atoms with Crippen molar-refractivity contribution in [2.75, 3.05) is 19.7 Å². The van der Waals surface area contributed by atoms with Crippen LogP contribution >= 0.6 is 11.6 Å². The van der Waals surface area contributed by atoms with Crippen molar-refractivity contribution in [3.8, 4) is 0 Å². The van der Waals surface area contributed by atoms with Gasteiger partial charge in [-0.25, -0.2) is 4.98 Å². The molecule has 1 aliphatic heterocycles. The van der Waals surface area contributed by atoms with Crippen molar-refractivity contribution in [3.05, 3.63) is 29.0 Å². The number of pyridine rings is 1. The first-order valence-electron chi connectivity index (χ1n) is 5.23. The Morgan fingerprint density at radius 1 is 1.53 bits per heavy atom. The molecule has 1 aromatic rings. The van der Waals surface area contributed by atoms with Gasteiger partial charge < -0.3 is 10.1 Å². The summed E-state index contributed by atoms with van der Waals surface area (Å²) in [5.74, 6) is 0.672. The van der Waals surface area contributed by atoms with Gasteiger partial charge in [-0.1, -0.05) is 17.7 Å². The van der Waals surface area contributed by atoms with Gasteiger partial charge in [0.05, 0.1) is 13.2 Å². The maximum Gasteiger partial charge on any atom is 0.129 e. The summed E-state index contributed by atoms with van der Waals surface area (Å²) in [4.78, 5) is 4.00. The summed E-state index contributed by atoms with van der Waals surface area (Å²) < 4.78 is 5.62. The lowest BCUT2D eigenvalue weighted by molar-refractivity contribution is 0.0923. The summed E-state index contributed by atoms with van der Waals surface area (Å²) in [6, 6.07) is 3.74. The van der Waals surface area contributed by atoms with Crippen molar-refractivity contribution in [2.45, 2.75) is 13.0 Å². The molecular formula is C11H15ClN2O. The molecule has 2 heterocycles. The van der Waals surface area contributed by atoms with Crippen LogP contribution in [-0.4, -0.2) is 24.7 Å². The molecular weight excluding hydrogens is 212 g/mol. The Labute approximate surface area is 94.8 Å². The smallest absolute Gasteiger partial charge is 0.129 e. The monoisotopic (exact) mass is 226 g/mol. The highest BCUT2D eigenvalue weighted by Gasteiger charge is 2.13. The fourth-order valence-corrected chi connectivity index (χ4v) is 1.80. The molecule has 4 heteroatoms. The molecule has 0 radical (unpaired) electrons. The van der Waals surface area contributed by atoms with Gasteiger partial charge in [0.15, 0.2) is 0 Å². The second-order valence-electron chi connectivity index (χ2n) is 3.86. The van der Waals surface area contributed by atoms with Crippen LogP contribution < -0.4 is 5.32 Å². The Hall–Kier alpha value is -0.640. The van der Waals surface area contributed by atoms with Gasteiger partial charge in [-0.3, -0.25) is 0 Å². The van der Waals surface area contributed by atoms with Gasteiger partial charge in [-0.05, 0) is 30.5 Å². The highest BCUT2D eigenvalue weighted by Crippen LogP contribution is 2.10. The van der Waals surface area contributed by atoms with Gasteiger partial charge in [0.1, 0.15) is 5.15 Å². The molecule has 15 heavy (non-hydrogen) atoms. The third-order valence-electron chi connectivity index (χ3n) is 2.57. The number of aromatic nitrogens is 1. The Morgan fingerprint density at radius 3 is 3.13 bits per heavy atom. The average Bonchev–Trinajstić information content (AvgIpc) is 2.74. The first-order chi connectivity index (χ1) is 7.34. The van der Waals surface area contributed by atoms with Crippen LogP contribution in [0.25, 0.3) is 0 Å². The van der Waals surface area contributed by atoms with E-state index in [2.05, 4.69) is 10.3 Å². The van der Waals surface area contributed by atoms with Gasteiger partial charge in [0.25, 0.3) is 0 Å². The zero-order valence-electron chi connectivity index (χ0n) is 8.58. The highest BCUT2D eigenvalue weighted by molar-refractivity contribution is 6.29. The van der Waals surface area contributed by atoms with Crippen molar-refractivity contribution >= 4 is 11.6 Å². The van der Waals surface area contributed by atoms with E-state index in [-0.39, 0.29) is 0 Å². The van der Waals surface area contributed by atoms with Gasteiger partial charge in [-0.2, -0.15) is 0 Å². The van der Waals surface area contributed by atoms with E-state index in [1.807, 2.05) is 6.07 Å². The predicted octanol–water partition coefficient (Wildman–Crippen LogP) is 1.86. The Balaban J connectivity index is 1.71. The zero-order chi connectivity index (χ0) is 10.5. The molecule has 1 saturated heterocycles. The molecule has 2 rings (SSSR count). The van der Waals surface area contributed by atoms with Crippen molar-refractivity contribution in [1.29, 1.82) is 0 Å². The lowest BCUT2D eigenvalue weighted by Gasteiger charge is -2.08. The molecule has 1 aromatic heterocycles. The maximum atomic E-state index is 5.69. The van der Waals surface area contributed by atoms with E-state index in [1.54, 1.807) is 12.3 Å². The van der Waals surface area contributed by atoms with E-state index < -0.39 is 0 Å². The van der Waals surface area contributed by atoms with Crippen LogP contribution in [0.2, 0.25) is 5.15 Å². The summed E-state index contributed by atoms with van der Waals surface area (Å²) in [6.45, 7) is 3.66. The van der Waals surface area contributed by atoms with E-state index in [9.17, 15) is 0 Å². The second kappa shape index (κ2) is 5.45. The SMILES string of the molecule is Clc1ccc(COC[C@@H]2CCNC2)cn1. The lowest BCUT2D eigenvalue weighted by Crippen LogP contribution is -2.13. The summed E-state index contributed by atoms with van der Waals surface area (Å²) in [7, 11) is 0. The zero-order valence-corrected chi connectivity index (χ0v) is 9.33. The Bertz CT molecular complexity index is 296. The molecule has 0 saturated carbocycles. The van der Waals surface area contributed by atoms with Crippen molar-refractivity contribution in [3.63, 3.8) is 0 Å². The van der Waals surface area contributed by atoms with Crippen molar-refractivity contribution in [1.82, 2.24) is 10.3 Å². The number of halogens is 1. The minimum absolute atomic E-state index is 0.527. The summed E-state index contributed by atoms with van der Waals surface area (Å²) in [5, 5.41) is 3.85. The Morgan fingerprint density at radius 2 is 2.47 bits per heavy atom. The molecule has 0 amide bonds. The highest BCUT2D eigenvalue weighted by atomic mass is 35.5. The first kappa shape index (κ1) is 10.9. The van der Waals surface area contributed by atoms with Crippen LogP contribution in [0, 0.1) is 5.92 Å². The molecule has 0 aromatic carbocycles. The van der Waals surface area contributed by atoms with Gasteiger partial charge in [0, 0.05) is 12.7 Å². The molecule has 1 N–H and O–H groups in total. The van der Waals surface area contributed by atoms with Gasteiger partial charge in [0.2, 0.25) is 0 Å². The average molecular weight is 227 g/mol. The standard InChI is InChI=1S/C11H15ClN2O/c12-11-2-1-9(6-14-11)7-15-8-10-3-4-13-5-10/h1-2,6,10,13H,3-5,7-8H2/t10-/m1/s1. The first-order valence-corrected chi connectivity index (χ1v) is 5.61. The topological polar surface area (TPSA) is 34.1 Å². The molecule has 82 valence electrons. The fraction of sp³-hybridized carbons (Fsp3) is 0.545. The number of hydrogen-bond acceptors (Lipinski definition) is 3. The summed E-state index contributed by atoms with van der Waals surface area (Å²) >= 11 is 5.69. The molecule has 0 aliphatic carbocycles. The third-order valence-corrected chi connectivity index (χ3v) is 2.80. The number of hydrogen-bond donors (Lipinski definition) is 1. The summed E-state index contributed by atoms with van der Waals surface area (Å²) in [6.07, 6.45) is 2.98. The van der Waals surface area contributed by atoms with Crippen LogP contribution in [0.15, 0.2) is 18.3 Å². The van der Waals surface area contributed by atoms with Crippen LogP contribution in [0.3, 0.4) is 0 Å². The number of rotatable bonds is 4. The normalized spacial score (nSPS) is 20.7. The molecule has 1 aliphatic rings. The molecule has 1 fully saturated rings. The number of ether oxygens (including phenoxy) is 1. The minimum atomic E-state index is 0.527. The quantitative estimate of drug-likeness (QED) is 0.796. The van der Waals surface area contributed by atoms with Crippen LogP contribution in [0.4, 0.5) is 0 Å². The van der Waals surface area contributed by atoms with E-state index in [0.717, 1.165) is 25.3 Å².